The number of hydrogen-bond acceptors (Lipinski definition) is 2. The molecule has 29 heavy (non-hydrogen) atoms. The van der Waals surface area contributed by atoms with Gasteiger partial charge in [-0.15, -0.1) is 0 Å². The Morgan fingerprint density at radius 2 is 1.55 bits per heavy atom. The van der Waals surface area contributed by atoms with Gasteiger partial charge in [0.15, 0.2) is 0 Å². The first-order valence-corrected chi connectivity index (χ1v) is 9.15. The van der Waals surface area contributed by atoms with E-state index in [9.17, 15) is 18.4 Å². The highest BCUT2D eigenvalue weighted by Crippen LogP contribution is 2.26. The molecule has 0 bridgehead atoms. The van der Waals surface area contributed by atoms with Gasteiger partial charge in [-0.1, -0.05) is 24.3 Å². The smallest absolute Gasteiger partial charge is 0.261 e. The van der Waals surface area contributed by atoms with Crippen molar-refractivity contribution in [1.82, 2.24) is 5.32 Å². The van der Waals surface area contributed by atoms with Gasteiger partial charge in [0, 0.05) is 17.8 Å². The zero-order valence-corrected chi connectivity index (χ0v) is 16.1. The van der Waals surface area contributed by atoms with E-state index >= 15 is 0 Å². The molecule has 0 radical (unpaired) electrons. The summed E-state index contributed by atoms with van der Waals surface area (Å²) in [5.41, 5.74) is 3.06. The number of hydrogen-bond donors (Lipinski definition) is 2. The highest BCUT2D eigenvalue weighted by molar-refractivity contribution is 6.04. The minimum absolute atomic E-state index is 0.149. The van der Waals surface area contributed by atoms with Crippen molar-refractivity contribution in [2.45, 2.75) is 13.8 Å². The van der Waals surface area contributed by atoms with E-state index in [2.05, 4.69) is 10.6 Å². The summed E-state index contributed by atoms with van der Waals surface area (Å²) in [5.74, 6) is -2.85. The molecule has 2 N–H and O–H groups in total. The van der Waals surface area contributed by atoms with Gasteiger partial charge in [0.2, 0.25) is 0 Å². The van der Waals surface area contributed by atoms with Crippen LogP contribution < -0.4 is 10.6 Å². The Morgan fingerprint density at radius 3 is 2.17 bits per heavy atom. The number of benzene rings is 3. The zero-order valence-electron chi connectivity index (χ0n) is 16.1. The first-order valence-electron chi connectivity index (χ1n) is 9.15. The predicted molar refractivity (Wildman–Crippen MR) is 109 cm³/mol. The number of rotatable bonds is 5. The van der Waals surface area contributed by atoms with Gasteiger partial charge in [-0.2, -0.15) is 0 Å². The van der Waals surface area contributed by atoms with Crippen LogP contribution in [0.15, 0.2) is 60.7 Å². The highest BCUT2D eigenvalue weighted by Gasteiger charge is 2.17. The lowest BCUT2D eigenvalue weighted by Gasteiger charge is -2.11. The molecule has 3 rings (SSSR count). The molecule has 0 atom stereocenters. The lowest BCUT2D eigenvalue weighted by molar-refractivity contribution is 0.0954. The Kier molecular flexibility index (Phi) is 6.02. The largest absolute Gasteiger partial charge is 0.352 e. The summed E-state index contributed by atoms with van der Waals surface area (Å²) < 4.78 is 27.5. The maximum atomic E-state index is 13.8. The molecule has 0 aliphatic rings. The van der Waals surface area contributed by atoms with Gasteiger partial charge < -0.3 is 10.6 Å². The third kappa shape index (κ3) is 4.48. The fourth-order valence-corrected chi connectivity index (χ4v) is 2.98. The molecule has 0 aliphatic heterocycles. The van der Waals surface area contributed by atoms with E-state index in [4.69, 9.17) is 0 Å². The molecule has 148 valence electrons. The molecular weight excluding hydrogens is 374 g/mol. The summed E-state index contributed by atoms with van der Waals surface area (Å²) in [7, 11) is 0. The SMILES string of the molecule is CCNC(=O)c1ccc(C)c(-c2ccc(NC(=O)c3c(F)cccc3F)cc2)c1. The minimum atomic E-state index is -0.920. The molecule has 3 aromatic carbocycles. The standard InChI is InChI=1S/C23H20F2N2O2/c1-3-26-22(28)16-8-7-14(2)18(13-16)15-9-11-17(12-10-15)27-23(29)21-19(24)5-4-6-20(21)25/h4-13H,3H2,1-2H3,(H,26,28)(H,27,29). The van der Waals surface area contributed by atoms with Crippen molar-refractivity contribution in [2.75, 3.05) is 11.9 Å². The van der Waals surface area contributed by atoms with Gasteiger partial charge in [-0.25, -0.2) is 8.78 Å². The Bertz CT molecular complexity index is 1040. The Hall–Kier alpha value is -3.54. The van der Waals surface area contributed by atoms with Crippen LogP contribution in [-0.4, -0.2) is 18.4 Å². The second-order valence-electron chi connectivity index (χ2n) is 6.52. The summed E-state index contributed by atoms with van der Waals surface area (Å²) >= 11 is 0. The molecule has 0 saturated heterocycles. The average Bonchev–Trinajstić information content (AvgIpc) is 2.69. The Balaban J connectivity index is 1.83. The van der Waals surface area contributed by atoms with E-state index < -0.39 is 23.1 Å². The molecule has 0 saturated carbocycles. The lowest BCUT2D eigenvalue weighted by Crippen LogP contribution is -2.22. The summed E-state index contributed by atoms with van der Waals surface area (Å²) in [6.07, 6.45) is 0. The molecule has 0 unspecified atom stereocenters. The lowest BCUT2D eigenvalue weighted by atomic mass is 9.97. The summed E-state index contributed by atoms with van der Waals surface area (Å²) in [4.78, 5) is 24.3. The van der Waals surface area contributed by atoms with Crippen LogP contribution in [0.3, 0.4) is 0 Å². The number of nitrogens with one attached hydrogen (secondary N) is 2. The van der Waals surface area contributed by atoms with Crippen LogP contribution >= 0.6 is 0 Å². The number of aryl methyl sites for hydroxylation is 1. The third-order valence-electron chi connectivity index (χ3n) is 4.48. The number of anilines is 1. The van der Waals surface area contributed by atoms with Crippen LogP contribution in [0.25, 0.3) is 11.1 Å². The van der Waals surface area contributed by atoms with Crippen LogP contribution in [0, 0.1) is 18.6 Å². The maximum absolute atomic E-state index is 13.8. The van der Waals surface area contributed by atoms with Gasteiger partial charge in [-0.05, 0) is 66.9 Å². The molecular formula is C23H20F2N2O2. The van der Waals surface area contributed by atoms with Crippen LogP contribution in [0.1, 0.15) is 33.2 Å². The second kappa shape index (κ2) is 8.65. The molecule has 0 aromatic heterocycles. The maximum Gasteiger partial charge on any atom is 0.261 e. The summed E-state index contributed by atoms with van der Waals surface area (Å²) in [5, 5.41) is 5.26. The van der Waals surface area contributed by atoms with Crippen LogP contribution in [0.5, 0.6) is 0 Å². The molecule has 0 aliphatic carbocycles. The van der Waals surface area contributed by atoms with E-state index in [0.717, 1.165) is 28.8 Å². The number of carbonyl (C=O) groups excluding carboxylic acids is 2. The topological polar surface area (TPSA) is 58.2 Å². The molecule has 4 nitrogen and oxygen atoms in total. The van der Waals surface area contributed by atoms with E-state index in [0.29, 0.717) is 17.8 Å². The van der Waals surface area contributed by atoms with E-state index in [1.54, 1.807) is 30.3 Å². The van der Waals surface area contributed by atoms with Gasteiger partial charge in [0.25, 0.3) is 11.8 Å². The summed E-state index contributed by atoms with van der Waals surface area (Å²) in [6, 6.07) is 15.5. The van der Waals surface area contributed by atoms with Crippen molar-refractivity contribution in [3.8, 4) is 11.1 Å². The van der Waals surface area contributed by atoms with E-state index in [-0.39, 0.29) is 5.91 Å². The Labute approximate surface area is 167 Å². The van der Waals surface area contributed by atoms with Crippen molar-refractivity contribution >= 4 is 17.5 Å². The third-order valence-corrected chi connectivity index (χ3v) is 4.48. The van der Waals surface area contributed by atoms with E-state index in [1.165, 1.54) is 6.07 Å². The van der Waals surface area contributed by atoms with Gasteiger partial charge in [0.05, 0.1) is 0 Å². The number of carbonyl (C=O) groups is 2. The van der Waals surface area contributed by atoms with Crippen LogP contribution in [-0.2, 0) is 0 Å². The second-order valence-corrected chi connectivity index (χ2v) is 6.52. The normalized spacial score (nSPS) is 10.5. The summed E-state index contributed by atoms with van der Waals surface area (Å²) in [6.45, 7) is 4.33. The molecule has 0 fully saturated rings. The molecule has 0 spiro atoms. The quantitative estimate of drug-likeness (QED) is 0.644. The zero-order chi connectivity index (χ0) is 21.0. The number of amides is 2. The fraction of sp³-hybridized carbons (Fsp3) is 0.130. The van der Waals surface area contributed by atoms with Crippen molar-refractivity contribution in [1.29, 1.82) is 0 Å². The van der Waals surface area contributed by atoms with Gasteiger partial charge in [0.1, 0.15) is 17.2 Å². The van der Waals surface area contributed by atoms with E-state index in [1.807, 2.05) is 26.0 Å². The van der Waals surface area contributed by atoms with Gasteiger partial charge in [-0.3, -0.25) is 9.59 Å². The van der Waals surface area contributed by atoms with Gasteiger partial charge >= 0.3 is 0 Å². The molecule has 3 aromatic rings. The molecule has 2 amide bonds. The van der Waals surface area contributed by atoms with Crippen molar-refractivity contribution < 1.29 is 18.4 Å². The average molecular weight is 394 g/mol. The van der Waals surface area contributed by atoms with Crippen molar-refractivity contribution in [3.05, 3.63) is 89.0 Å². The van der Waals surface area contributed by atoms with Crippen molar-refractivity contribution in [2.24, 2.45) is 0 Å². The van der Waals surface area contributed by atoms with Crippen molar-refractivity contribution in [3.63, 3.8) is 0 Å². The predicted octanol–water partition coefficient (Wildman–Crippen LogP) is 4.94. The highest BCUT2D eigenvalue weighted by atomic mass is 19.1. The first-order chi connectivity index (χ1) is 13.9. The van der Waals surface area contributed by atoms with Crippen LogP contribution in [0.4, 0.5) is 14.5 Å². The molecule has 0 heterocycles. The monoisotopic (exact) mass is 394 g/mol. The Morgan fingerprint density at radius 1 is 0.897 bits per heavy atom. The molecule has 6 heteroatoms. The number of halogens is 2. The minimum Gasteiger partial charge on any atom is -0.352 e. The first kappa shape index (κ1) is 20.2. The van der Waals surface area contributed by atoms with Crippen LogP contribution in [0.2, 0.25) is 0 Å². The fourth-order valence-electron chi connectivity index (χ4n) is 2.98.